The number of sulfonamides is 1. The Balaban J connectivity index is 2.09. The van der Waals surface area contributed by atoms with Crippen LogP contribution in [0.5, 0.6) is 0 Å². The van der Waals surface area contributed by atoms with Crippen LogP contribution in [0.25, 0.3) is 0 Å². The predicted octanol–water partition coefficient (Wildman–Crippen LogP) is 2.25. The van der Waals surface area contributed by atoms with E-state index in [0.717, 1.165) is 28.5 Å². The van der Waals surface area contributed by atoms with E-state index in [4.69, 9.17) is 0 Å². The number of rotatable bonds is 3. The molecule has 1 aliphatic rings. The van der Waals surface area contributed by atoms with E-state index in [2.05, 4.69) is 20.2 Å². The first-order chi connectivity index (χ1) is 10.1. The Morgan fingerprint density at radius 3 is 2.36 bits per heavy atom. The molecule has 1 aromatic carbocycles. The Kier molecular flexibility index (Phi) is 4.81. The lowest BCUT2D eigenvalue weighted by Crippen LogP contribution is -2.28. The Morgan fingerprint density at radius 2 is 1.91 bits per heavy atom. The summed E-state index contributed by atoms with van der Waals surface area (Å²) in [6.07, 6.45) is 1.13. The molecule has 0 bridgehead atoms. The zero-order chi connectivity index (χ0) is 16.4. The third-order valence-corrected chi connectivity index (χ3v) is 4.07. The van der Waals surface area contributed by atoms with Gasteiger partial charge in [-0.05, 0) is 38.5 Å². The minimum atomic E-state index is -3.25. The SMILES string of the molecule is CC(C)(C)N=C1NN=C(c2ccc(NS(C)(=O)=O)cc2)CS1. The standard InChI is InChI=1S/C14H20N4O2S2/c1-14(2,3)15-13-17-16-12(9-21-13)10-5-7-11(8-6-10)18-22(4,19)20/h5-8,18H,9H2,1-4H3,(H,15,17). The van der Waals surface area contributed by atoms with Gasteiger partial charge in [-0.25, -0.2) is 8.42 Å². The topological polar surface area (TPSA) is 82.9 Å². The second kappa shape index (κ2) is 6.29. The quantitative estimate of drug-likeness (QED) is 0.884. The highest BCUT2D eigenvalue weighted by molar-refractivity contribution is 8.14. The molecule has 0 amide bonds. The molecule has 0 saturated carbocycles. The van der Waals surface area contributed by atoms with E-state index in [1.54, 1.807) is 23.9 Å². The van der Waals surface area contributed by atoms with E-state index in [1.165, 1.54) is 0 Å². The number of thioether (sulfide) groups is 1. The van der Waals surface area contributed by atoms with Gasteiger partial charge in [0.25, 0.3) is 0 Å². The van der Waals surface area contributed by atoms with Gasteiger partial charge in [-0.1, -0.05) is 23.9 Å². The van der Waals surface area contributed by atoms with Crippen LogP contribution in [-0.2, 0) is 10.0 Å². The number of amidine groups is 1. The number of aliphatic imine (C=N–C) groups is 1. The number of benzene rings is 1. The first-order valence-corrected chi connectivity index (χ1v) is 9.63. The second-order valence-electron chi connectivity index (χ2n) is 6.00. The van der Waals surface area contributed by atoms with Crippen LogP contribution in [0.2, 0.25) is 0 Å². The molecule has 0 unspecified atom stereocenters. The zero-order valence-electron chi connectivity index (χ0n) is 13.0. The lowest BCUT2D eigenvalue weighted by Gasteiger charge is -2.19. The van der Waals surface area contributed by atoms with E-state index in [-0.39, 0.29) is 5.54 Å². The Morgan fingerprint density at radius 1 is 1.27 bits per heavy atom. The van der Waals surface area contributed by atoms with Crippen LogP contribution in [0.1, 0.15) is 26.3 Å². The van der Waals surface area contributed by atoms with E-state index in [9.17, 15) is 8.42 Å². The summed E-state index contributed by atoms with van der Waals surface area (Å²) in [4.78, 5) is 4.54. The molecular weight excluding hydrogens is 320 g/mol. The summed E-state index contributed by atoms with van der Waals surface area (Å²) in [6.45, 7) is 6.11. The van der Waals surface area contributed by atoms with Gasteiger partial charge in [0.2, 0.25) is 10.0 Å². The predicted molar refractivity (Wildman–Crippen MR) is 94.2 cm³/mol. The molecule has 0 aromatic heterocycles. The number of nitrogens with zero attached hydrogens (tertiary/aromatic N) is 2. The van der Waals surface area contributed by atoms with Crippen molar-refractivity contribution < 1.29 is 8.42 Å². The van der Waals surface area contributed by atoms with Crippen molar-refractivity contribution in [2.24, 2.45) is 10.1 Å². The molecule has 0 fully saturated rings. The molecule has 0 atom stereocenters. The average Bonchev–Trinajstić information content (AvgIpc) is 2.37. The van der Waals surface area contributed by atoms with Gasteiger partial charge in [0.15, 0.2) is 5.17 Å². The van der Waals surface area contributed by atoms with E-state index >= 15 is 0 Å². The fourth-order valence-electron chi connectivity index (χ4n) is 1.77. The van der Waals surface area contributed by atoms with Crippen molar-refractivity contribution in [1.82, 2.24) is 5.43 Å². The summed E-state index contributed by atoms with van der Waals surface area (Å²) in [7, 11) is -3.25. The Labute approximate surface area is 135 Å². The highest BCUT2D eigenvalue weighted by Gasteiger charge is 2.16. The van der Waals surface area contributed by atoms with Crippen molar-refractivity contribution in [2.75, 3.05) is 16.7 Å². The second-order valence-corrected chi connectivity index (χ2v) is 8.71. The number of nitrogens with one attached hydrogen (secondary N) is 2. The van der Waals surface area contributed by atoms with Crippen molar-refractivity contribution >= 4 is 38.4 Å². The summed E-state index contributed by atoms with van der Waals surface area (Å²) in [5.41, 5.74) is 5.23. The minimum Gasteiger partial charge on any atom is -0.284 e. The van der Waals surface area contributed by atoms with Gasteiger partial charge in [-0.15, -0.1) is 0 Å². The van der Waals surface area contributed by atoms with Crippen LogP contribution in [0.4, 0.5) is 5.69 Å². The first-order valence-electron chi connectivity index (χ1n) is 6.76. The maximum atomic E-state index is 11.2. The number of hydrazone groups is 1. The molecular formula is C14H20N4O2S2. The zero-order valence-corrected chi connectivity index (χ0v) is 14.7. The molecule has 1 aromatic rings. The average molecular weight is 340 g/mol. The number of hydrogen-bond donors (Lipinski definition) is 2. The lowest BCUT2D eigenvalue weighted by molar-refractivity contribution is 0.582. The maximum Gasteiger partial charge on any atom is 0.229 e. The van der Waals surface area contributed by atoms with Crippen LogP contribution in [-0.4, -0.2) is 36.8 Å². The summed E-state index contributed by atoms with van der Waals surface area (Å²) >= 11 is 1.60. The number of anilines is 1. The molecule has 1 aliphatic heterocycles. The van der Waals surface area contributed by atoms with Gasteiger partial charge in [-0.2, -0.15) is 5.10 Å². The largest absolute Gasteiger partial charge is 0.284 e. The summed E-state index contributed by atoms with van der Waals surface area (Å²) in [5, 5.41) is 5.16. The molecule has 120 valence electrons. The third-order valence-electron chi connectivity index (χ3n) is 2.59. The molecule has 0 spiro atoms. The lowest BCUT2D eigenvalue weighted by atomic mass is 10.1. The van der Waals surface area contributed by atoms with Crippen molar-refractivity contribution in [3.8, 4) is 0 Å². The summed E-state index contributed by atoms with van der Waals surface area (Å²) in [5.74, 6) is 0.723. The molecule has 0 radical (unpaired) electrons. The van der Waals surface area contributed by atoms with Gasteiger partial charge in [0.1, 0.15) is 0 Å². The molecule has 8 heteroatoms. The summed E-state index contributed by atoms with van der Waals surface area (Å²) < 4.78 is 24.8. The monoisotopic (exact) mass is 340 g/mol. The molecule has 6 nitrogen and oxygen atoms in total. The fourth-order valence-corrected chi connectivity index (χ4v) is 3.29. The molecule has 22 heavy (non-hydrogen) atoms. The van der Waals surface area contributed by atoms with E-state index in [0.29, 0.717) is 5.69 Å². The Bertz CT molecular complexity index is 701. The van der Waals surface area contributed by atoms with Crippen LogP contribution in [0.3, 0.4) is 0 Å². The molecule has 2 N–H and O–H groups in total. The van der Waals surface area contributed by atoms with Crippen molar-refractivity contribution in [3.05, 3.63) is 29.8 Å². The number of hydrogen-bond acceptors (Lipinski definition) is 5. The fraction of sp³-hybridized carbons (Fsp3) is 0.429. The van der Waals surface area contributed by atoms with Gasteiger partial charge in [-0.3, -0.25) is 15.1 Å². The van der Waals surface area contributed by atoms with Gasteiger partial charge in [0.05, 0.1) is 17.5 Å². The van der Waals surface area contributed by atoms with E-state index < -0.39 is 10.0 Å². The molecule has 0 aliphatic carbocycles. The molecule has 0 saturated heterocycles. The summed E-state index contributed by atoms with van der Waals surface area (Å²) in [6, 6.07) is 7.14. The van der Waals surface area contributed by atoms with Crippen LogP contribution < -0.4 is 10.1 Å². The highest BCUT2D eigenvalue weighted by atomic mass is 32.2. The third kappa shape index (κ3) is 5.34. The van der Waals surface area contributed by atoms with Gasteiger partial charge in [0, 0.05) is 11.4 Å². The highest BCUT2D eigenvalue weighted by Crippen LogP contribution is 2.18. The van der Waals surface area contributed by atoms with Crippen molar-refractivity contribution in [1.29, 1.82) is 0 Å². The smallest absolute Gasteiger partial charge is 0.229 e. The minimum absolute atomic E-state index is 0.138. The normalized spacial score (nSPS) is 17.8. The molecule has 2 rings (SSSR count). The van der Waals surface area contributed by atoms with Gasteiger partial charge >= 0.3 is 0 Å². The van der Waals surface area contributed by atoms with Crippen LogP contribution in [0.15, 0.2) is 34.4 Å². The van der Waals surface area contributed by atoms with Crippen molar-refractivity contribution in [2.45, 2.75) is 26.3 Å². The maximum absolute atomic E-state index is 11.2. The molecule has 1 heterocycles. The van der Waals surface area contributed by atoms with Crippen LogP contribution in [0, 0.1) is 0 Å². The van der Waals surface area contributed by atoms with Crippen LogP contribution >= 0.6 is 11.8 Å². The van der Waals surface area contributed by atoms with Gasteiger partial charge < -0.3 is 0 Å². The van der Waals surface area contributed by atoms with Crippen molar-refractivity contribution in [3.63, 3.8) is 0 Å². The van der Waals surface area contributed by atoms with E-state index in [1.807, 2.05) is 32.9 Å². The Hall–Kier alpha value is -1.54. The first kappa shape index (κ1) is 16.8.